The Labute approximate surface area is 300 Å². The Balaban J connectivity index is 0.000000161. The van der Waals surface area contributed by atoms with Crippen LogP contribution in [0.15, 0.2) is 91.8 Å². The van der Waals surface area contributed by atoms with Crippen LogP contribution in [0.1, 0.15) is 0 Å². The van der Waals surface area contributed by atoms with Crippen LogP contribution in [0.5, 0.6) is 11.5 Å². The van der Waals surface area contributed by atoms with E-state index in [1.807, 2.05) is 82.2 Å². The van der Waals surface area contributed by atoms with E-state index in [0.29, 0.717) is 39.9 Å². The predicted octanol–water partition coefficient (Wildman–Crippen LogP) is 7.56. The summed E-state index contributed by atoms with van der Waals surface area (Å²) in [5, 5.41) is 7.96. The molecular weight excluding hydrogens is 713 g/mol. The number of nitrogens with one attached hydrogen (secondary N) is 4. The second-order valence-corrected chi connectivity index (χ2v) is 12.9. The van der Waals surface area contributed by atoms with Crippen LogP contribution in [-0.2, 0) is 0 Å². The summed E-state index contributed by atoms with van der Waals surface area (Å²) in [6.45, 7) is 0. The second-order valence-electron chi connectivity index (χ2n) is 10.5. The molecule has 16 heteroatoms. The van der Waals surface area contributed by atoms with Gasteiger partial charge in [0.1, 0.15) is 11.5 Å². The Hall–Kier alpha value is -5.68. The zero-order chi connectivity index (χ0) is 34.8. The molecule has 0 spiro atoms. The Kier molecular flexibility index (Phi) is 9.23. The van der Waals surface area contributed by atoms with Crippen LogP contribution < -0.4 is 20.6 Å². The number of hydrogen-bond donors (Lipinski definition) is 4. The van der Waals surface area contributed by atoms with Crippen molar-refractivity contribution in [3.05, 3.63) is 112 Å². The number of H-pyrrole nitrogens is 4. The zero-order valence-electron chi connectivity index (χ0n) is 26.1. The van der Waals surface area contributed by atoms with Gasteiger partial charge in [-0.15, -0.1) is 0 Å². The van der Waals surface area contributed by atoms with E-state index in [4.69, 9.17) is 33.9 Å². The quantitative estimate of drug-likeness (QED) is 0.125. The molecule has 0 saturated heterocycles. The molecule has 8 aromatic rings. The molecular formula is C34H24N8O4S4. The number of methoxy groups -OCH3 is 2. The maximum Gasteiger partial charge on any atom is 0.279 e. The lowest BCUT2D eigenvalue weighted by Gasteiger charge is -2.12. The van der Waals surface area contributed by atoms with Gasteiger partial charge in [-0.3, -0.25) is 19.6 Å². The molecule has 0 atom stereocenters. The van der Waals surface area contributed by atoms with Crippen LogP contribution >= 0.6 is 47.1 Å². The van der Waals surface area contributed by atoms with Gasteiger partial charge in [0, 0.05) is 33.0 Å². The molecule has 6 heterocycles. The average Bonchev–Trinajstić information content (AvgIpc) is 3.87. The SMILES string of the molecule is COc1cccc(-c2nc3[nH]c(=S)[nH]c(=O)c3nc2-c2cccc(OC)c2)c1.O=c1[nH]c(=S)[nH]c2nc(-c3ccsc3)c(-c3ccsc3)nc12. The average molecular weight is 737 g/mol. The van der Waals surface area contributed by atoms with E-state index in [2.05, 4.69) is 39.9 Å². The van der Waals surface area contributed by atoms with Crippen molar-refractivity contribution in [3.8, 4) is 56.5 Å². The molecule has 0 unspecified atom stereocenters. The molecule has 0 radical (unpaired) electrons. The summed E-state index contributed by atoms with van der Waals surface area (Å²) < 4.78 is 11.1. The molecule has 0 bridgehead atoms. The normalized spacial score (nSPS) is 10.9. The minimum Gasteiger partial charge on any atom is -0.497 e. The molecule has 2 aromatic carbocycles. The lowest BCUT2D eigenvalue weighted by Crippen LogP contribution is -2.12. The molecule has 0 aliphatic carbocycles. The Morgan fingerprint density at radius 1 is 0.560 bits per heavy atom. The van der Waals surface area contributed by atoms with Crippen molar-refractivity contribution in [1.82, 2.24) is 39.9 Å². The van der Waals surface area contributed by atoms with Crippen LogP contribution in [0.4, 0.5) is 0 Å². The molecule has 50 heavy (non-hydrogen) atoms. The summed E-state index contributed by atoms with van der Waals surface area (Å²) in [7, 11) is 3.20. The highest BCUT2D eigenvalue weighted by Crippen LogP contribution is 2.34. The number of fused-ring (bicyclic) bond motifs is 2. The number of aromatic nitrogens is 8. The van der Waals surface area contributed by atoms with E-state index in [1.54, 1.807) is 36.9 Å². The monoisotopic (exact) mass is 736 g/mol. The highest BCUT2D eigenvalue weighted by Gasteiger charge is 2.18. The fourth-order valence-corrected chi connectivity index (χ4v) is 6.77. The van der Waals surface area contributed by atoms with Crippen molar-refractivity contribution in [3.63, 3.8) is 0 Å². The maximum absolute atomic E-state index is 12.4. The lowest BCUT2D eigenvalue weighted by atomic mass is 10.0. The number of nitrogens with zero attached hydrogens (tertiary/aromatic N) is 4. The largest absolute Gasteiger partial charge is 0.497 e. The second kappa shape index (κ2) is 14.0. The molecule has 12 nitrogen and oxygen atoms in total. The van der Waals surface area contributed by atoms with Crippen molar-refractivity contribution in [2.24, 2.45) is 0 Å². The van der Waals surface area contributed by atoms with Gasteiger partial charge >= 0.3 is 0 Å². The number of benzene rings is 2. The fraction of sp³-hybridized carbons (Fsp3) is 0.0588. The third-order valence-electron chi connectivity index (χ3n) is 7.42. The molecule has 0 saturated carbocycles. The standard InChI is InChI=1S/C20H16N4O3S.C14H8N4OS3/c1-26-13-7-3-5-11(9-13)15-16(12-6-4-8-14(10-12)27-2)22-18-17(21-15)19(25)24-20(28)23-18;19-13-11-12(17-14(20)18-13)16-10(8-2-4-22-6-8)9(15-11)7-1-3-21-5-7/h3-10H,1-2H3,(H2,22,23,24,25,28);1-6H,(H2,16,17,18,19,20). The van der Waals surface area contributed by atoms with Gasteiger partial charge in [-0.2, -0.15) is 22.7 Å². The fourth-order valence-electron chi connectivity index (χ4n) is 5.11. The first-order valence-electron chi connectivity index (χ1n) is 14.7. The van der Waals surface area contributed by atoms with Gasteiger partial charge in [0.05, 0.1) is 37.0 Å². The highest BCUT2D eigenvalue weighted by molar-refractivity contribution is 7.71. The molecule has 248 valence electrons. The molecule has 0 aliphatic rings. The van der Waals surface area contributed by atoms with Gasteiger partial charge in [-0.1, -0.05) is 24.3 Å². The van der Waals surface area contributed by atoms with Gasteiger partial charge in [0.25, 0.3) is 11.1 Å². The van der Waals surface area contributed by atoms with E-state index in [9.17, 15) is 9.59 Å². The Morgan fingerprint density at radius 3 is 1.40 bits per heavy atom. The number of rotatable bonds is 6. The summed E-state index contributed by atoms with van der Waals surface area (Å²) in [5.41, 5.74) is 6.49. The molecule has 6 aromatic heterocycles. The Bertz CT molecular complexity index is 2740. The minimum absolute atomic E-state index is 0.179. The topological polar surface area (TPSA) is 167 Å². The van der Waals surface area contributed by atoms with Crippen LogP contribution in [0, 0.1) is 9.54 Å². The van der Waals surface area contributed by atoms with Crippen LogP contribution in [0.2, 0.25) is 0 Å². The van der Waals surface area contributed by atoms with Crippen LogP contribution in [-0.4, -0.2) is 54.1 Å². The van der Waals surface area contributed by atoms with E-state index < -0.39 is 5.56 Å². The van der Waals surface area contributed by atoms with Crippen LogP contribution in [0.3, 0.4) is 0 Å². The third kappa shape index (κ3) is 6.64. The molecule has 0 fully saturated rings. The van der Waals surface area contributed by atoms with Gasteiger partial charge < -0.3 is 19.4 Å². The summed E-state index contributed by atoms with van der Waals surface area (Å²) >= 11 is 13.2. The number of hydrogen-bond acceptors (Lipinski definition) is 12. The van der Waals surface area contributed by atoms with Gasteiger partial charge in [-0.25, -0.2) is 19.9 Å². The molecule has 0 aliphatic heterocycles. The first-order chi connectivity index (χ1) is 24.3. The molecule has 4 N–H and O–H groups in total. The highest BCUT2D eigenvalue weighted by atomic mass is 32.1. The van der Waals surface area contributed by atoms with E-state index in [-0.39, 0.29) is 26.1 Å². The summed E-state index contributed by atoms with van der Waals surface area (Å²) in [6.07, 6.45) is 0. The van der Waals surface area contributed by atoms with Gasteiger partial charge in [-0.05, 0) is 71.6 Å². The first kappa shape index (κ1) is 32.8. The van der Waals surface area contributed by atoms with Gasteiger partial charge in [0.2, 0.25) is 0 Å². The van der Waals surface area contributed by atoms with Crippen molar-refractivity contribution < 1.29 is 9.47 Å². The number of thiophene rings is 2. The minimum atomic E-state index is -0.396. The van der Waals surface area contributed by atoms with Gasteiger partial charge in [0.15, 0.2) is 31.9 Å². The summed E-state index contributed by atoms with van der Waals surface area (Å²) in [6, 6.07) is 18.9. The third-order valence-corrected chi connectivity index (χ3v) is 9.19. The van der Waals surface area contributed by atoms with Crippen molar-refractivity contribution in [2.45, 2.75) is 0 Å². The van der Waals surface area contributed by atoms with Crippen molar-refractivity contribution in [2.75, 3.05) is 14.2 Å². The van der Waals surface area contributed by atoms with E-state index >= 15 is 0 Å². The molecule has 0 amide bonds. The van der Waals surface area contributed by atoms with Crippen molar-refractivity contribution in [1.29, 1.82) is 0 Å². The number of aromatic amines is 4. The Morgan fingerprint density at radius 2 is 0.980 bits per heavy atom. The van der Waals surface area contributed by atoms with Crippen molar-refractivity contribution >= 4 is 69.4 Å². The van der Waals surface area contributed by atoms with E-state index in [0.717, 1.165) is 27.9 Å². The predicted molar refractivity (Wildman–Crippen MR) is 201 cm³/mol. The first-order valence-corrected chi connectivity index (χ1v) is 17.4. The summed E-state index contributed by atoms with van der Waals surface area (Å²) in [5.74, 6) is 1.37. The maximum atomic E-state index is 12.4. The lowest BCUT2D eigenvalue weighted by molar-refractivity contribution is 0.415. The number of ether oxygens (including phenoxy) is 2. The molecule has 8 rings (SSSR count). The van der Waals surface area contributed by atoms with Crippen LogP contribution in [0.25, 0.3) is 67.4 Å². The van der Waals surface area contributed by atoms with E-state index in [1.165, 1.54) is 0 Å². The summed E-state index contributed by atoms with van der Waals surface area (Å²) in [4.78, 5) is 53.8. The zero-order valence-corrected chi connectivity index (χ0v) is 29.4. The smallest absolute Gasteiger partial charge is 0.279 e.